The molecule has 0 spiro atoms. The third-order valence-corrected chi connectivity index (χ3v) is 5.67. The van der Waals surface area contributed by atoms with E-state index in [1.165, 1.54) is 34.4 Å². The van der Waals surface area contributed by atoms with Crippen molar-refractivity contribution in [2.75, 3.05) is 23.7 Å². The predicted molar refractivity (Wildman–Crippen MR) is 94.9 cm³/mol. The van der Waals surface area contributed by atoms with E-state index in [4.69, 9.17) is 0 Å². The summed E-state index contributed by atoms with van der Waals surface area (Å²) in [7, 11) is 0. The molecular weight excluding hydrogens is 332 g/mol. The molecule has 1 aliphatic heterocycles. The van der Waals surface area contributed by atoms with Gasteiger partial charge in [0.2, 0.25) is 0 Å². The van der Waals surface area contributed by atoms with Gasteiger partial charge < -0.3 is 10.2 Å². The van der Waals surface area contributed by atoms with Gasteiger partial charge >= 0.3 is 0 Å². The number of rotatable bonds is 5. The quantitative estimate of drug-likeness (QED) is 0.847. The van der Waals surface area contributed by atoms with Gasteiger partial charge in [-0.25, -0.2) is 0 Å². The topological polar surface area (TPSA) is 15.3 Å². The van der Waals surface area contributed by atoms with E-state index in [9.17, 15) is 0 Å². The fourth-order valence-electron chi connectivity index (χ4n) is 2.42. The predicted octanol–water partition coefficient (Wildman–Crippen LogP) is 4.28. The van der Waals surface area contributed by atoms with Crippen molar-refractivity contribution in [3.63, 3.8) is 0 Å². The van der Waals surface area contributed by atoms with Crippen LogP contribution in [0.15, 0.2) is 22.7 Å². The minimum Gasteiger partial charge on any atom is -0.369 e. The van der Waals surface area contributed by atoms with Gasteiger partial charge in [0, 0.05) is 41.2 Å². The molecule has 1 aromatic carbocycles. The van der Waals surface area contributed by atoms with Crippen molar-refractivity contribution in [2.24, 2.45) is 0 Å². The molecule has 4 heteroatoms. The SMILES string of the molecule is CCC1CN(c2ccc(CNC(C)C)cc2Br)CCS1. The summed E-state index contributed by atoms with van der Waals surface area (Å²) in [6.07, 6.45) is 1.26. The Hall–Kier alpha value is -0.190. The Morgan fingerprint density at radius 2 is 2.25 bits per heavy atom. The molecule has 1 heterocycles. The lowest BCUT2D eigenvalue weighted by molar-refractivity contribution is 0.588. The number of hydrogen-bond acceptors (Lipinski definition) is 3. The highest BCUT2D eigenvalue weighted by Crippen LogP contribution is 2.31. The molecule has 20 heavy (non-hydrogen) atoms. The Balaban J connectivity index is 2.05. The molecule has 1 aromatic rings. The van der Waals surface area contributed by atoms with Crippen molar-refractivity contribution >= 4 is 33.4 Å². The van der Waals surface area contributed by atoms with Crippen molar-refractivity contribution in [1.29, 1.82) is 0 Å². The van der Waals surface area contributed by atoms with Crippen LogP contribution in [0.2, 0.25) is 0 Å². The fourth-order valence-corrected chi connectivity index (χ4v) is 4.28. The molecule has 1 aliphatic rings. The summed E-state index contributed by atoms with van der Waals surface area (Å²) in [6.45, 7) is 9.91. The van der Waals surface area contributed by atoms with Crippen LogP contribution in [0.25, 0.3) is 0 Å². The Morgan fingerprint density at radius 1 is 1.45 bits per heavy atom. The van der Waals surface area contributed by atoms with Gasteiger partial charge in [-0.15, -0.1) is 0 Å². The van der Waals surface area contributed by atoms with Gasteiger partial charge in [-0.3, -0.25) is 0 Å². The van der Waals surface area contributed by atoms with Crippen LogP contribution in [-0.2, 0) is 6.54 Å². The molecule has 1 fully saturated rings. The molecule has 0 bridgehead atoms. The second kappa shape index (κ2) is 7.71. The Morgan fingerprint density at radius 3 is 2.90 bits per heavy atom. The molecule has 2 rings (SSSR count). The average Bonchev–Trinajstić information content (AvgIpc) is 2.45. The second-order valence-corrected chi connectivity index (χ2v) is 7.93. The first-order valence-corrected chi connectivity index (χ1v) is 9.32. The molecule has 1 N–H and O–H groups in total. The van der Waals surface area contributed by atoms with Crippen molar-refractivity contribution in [3.8, 4) is 0 Å². The first-order valence-electron chi connectivity index (χ1n) is 7.48. The molecule has 0 aliphatic carbocycles. The van der Waals surface area contributed by atoms with Crippen LogP contribution >= 0.6 is 27.7 Å². The summed E-state index contributed by atoms with van der Waals surface area (Å²) in [6, 6.07) is 7.30. The molecule has 2 nitrogen and oxygen atoms in total. The maximum absolute atomic E-state index is 3.76. The van der Waals surface area contributed by atoms with Crippen LogP contribution in [0, 0.1) is 0 Å². The molecule has 0 amide bonds. The van der Waals surface area contributed by atoms with E-state index in [1.807, 2.05) is 0 Å². The number of nitrogens with one attached hydrogen (secondary N) is 1. The first kappa shape index (κ1) is 16.2. The summed E-state index contributed by atoms with van der Waals surface area (Å²) >= 11 is 5.87. The zero-order valence-electron chi connectivity index (χ0n) is 12.7. The molecule has 1 saturated heterocycles. The minimum absolute atomic E-state index is 0.526. The van der Waals surface area contributed by atoms with Gasteiger partial charge in [0.1, 0.15) is 0 Å². The van der Waals surface area contributed by atoms with Crippen molar-refractivity contribution < 1.29 is 0 Å². The van der Waals surface area contributed by atoms with E-state index < -0.39 is 0 Å². The third-order valence-electron chi connectivity index (χ3n) is 3.66. The highest BCUT2D eigenvalue weighted by atomic mass is 79.9. The van der Waals surface area contributed by atoms with Crippen molar-refractivity contribution in [1.82, 2.24) is 5.32 Å². The largest absolute Gasteiger partial charge is 0.369 e. The zero-order chi connectivity index (χ0) is 14.5. The number of halogens is 1. The van der Waals surface area contributed by atoms with Gasteiger partial charge in [0.25, 0.3) is 0 Å². The van der Waals surface area contributed by atoms with Crippen LogP contribution in [0.4, 0.5) is 5.69 Å². The van der Waals surface area contributed by atoms with Crippen LogP contribution < -0.4 is 10.2 Å². The fraction of sp³-hybridized carbons (Fsp3) is 0.625. The van der Waals surface area contributed by atoms with Crippen LogP contribution in [0.5, 0.6) is 0 Å². The van der Waals surface area contributed by atoms with E-state index in [-0.39, 0.29) is 0 Å². The second-order valence-electron chi connectivity index (χ2n) is 5.67. The summed E-state index contributed by atoms with van der Waals surface area (Å²) in [4.78, 5) is 2.52. The number of nitrogens with zero attached hydrogens (tertiary/aromatic N) is 1. The lowest BCUT2D eigenvalue weighted by Gasteiger charge is -2.34. The summed E-state index contributed by atoms with van der Waals surface area (Å²) in [5, 5.41) is 4.24. The zero-order valence-corrected chi connectivity index (χ0v) is 15.1. The molecule has 0 saturated carbocycles. The Labute approximate surface area is 135 Å². The van der Waals surface area contributed by atoms with E-state index >= 15 is 0 Å². The molecule has 1 unspecified atom stereocenters. The number of hydrogen-bond donors (Lipinski definition) is 1. The van der Waals surface area contributed by atoms with Crippen LogP contribution in [0.3, 0.4) is 0 Å². The number of thioether (sulfide) groups is 1. The summed E-state index contributed by atoms with van der Waals surface area (Å²) < 4.78 is 1.22. The molecule has 0 aromatic heterocycles. The minimum atomic E-state index is 0.526. The summed E-state index contributed by atoms with van der Waals surface area (Å²) in [5.74, 6) is 1.24. The van der Waals surface area contributed by atoms with E-state index in [2.05, 4.69) is 76.9 Å². The molecular formula is C16H25BrN2S. The van der Waals surface area contributed by atoms with Gasteiger partial charge in [0.05, 0.1) is 5.69 Å². The normalized spacial score (nSPS) is 19.6. The summed E-state index contributed by atoms with van der Waals surface area (Å²) in [5.41, 5.74) is 2.68. The van der Waals surface area contributed by atoms with E-state index in [1.54, 1.807) is 0 Å². The van der Waals surface area contributed by atoms with Gasteiger partial charge in [-0.05, 0) is 40.0 Å². The van der Waals surface area contributed by atoms with Gasteiger partial charge in [0.15, 0.2) is 0 Å². The lowest BCUT2D eigenvalue weighted by Crippen LogP contribution is -2.37. The molecule has 112 valence electrons. The number of benzene rings is 1. The Kier molecular flexibility index (Phi) is 6.24. The highest BCUT2D eigenvalue weighted by molar-refractivity contribution is 9.10. The number of anilines is 1. The molecule has 1 atom stereocenters. The third kappa shape index (κ3) is 4.40. The van der Waals surface area contributed by atoms with E-state index in [0.717, 1.165) is 18.3 Å². The van der Waals surface area contributed by atoms with Crippen molar-refractivity contribution in [2.45, 2.75) is 45.0 Å². The standard InChI is InChI=1S/C16H25BrN2S/c1-4-14-11-19(7-8-20-14)16-6-5-13(9-15(16)17)10-18-12(2)3/h5-6,9,12,14,18H,4,7-8,10-11H2,1-3H3. The molecule has 0 radical (unpaired) electrons. The monoisotopic (exact) mass is 356 g/mol. The Bertz CT molecular complexity index is 436. The highest BCUT2D eigenvalue weighted by Gasteiger charge is 2.20. The van der Waals surface area contributed by atoms with Gasteiger partial charge in [-0.2, -0.15) is 11.8 Å². The average molecular weight is 357 g/mol. The van der Waals surface area contributed by atoms with Crippen LogP contribution in [-0.4, -0.2) is 30.1 Å². The smallest absolute Gasteiger partial charge is 0.0511 e. The maximum Gasteiger partial charge on any atom is 0.0511 e. The maximum atomic E-state index is 3.76. The van der Waals surface area contributed by atoms with Crippen LogP contribution in [0.1, 0.15) is 32.8 Å². The van der Waals surface area contributed by atoms with Crippen molar-refractivity contribution in [3.05, 3.63) is 28.2 Å². The van der Waals surface area contributed by atoms with Gasteiger partial charge in [-0.1, -0.05) is 26.8 Å². The lowest BCUT2D eigenvalue weighted by atomic mass is 10.1. The first-order chi connectivity index (χ1) is 9.60. The van der Waals surface area contributed by atoms with E-state index in [0.29, 0.717) is 6.04 Å².